The van der Waals surface area contributed by atoms with Crippen LogP contribution in [-0.4, -0.2) is 31.4 Å². The summed E-state index contributed by atoms with van der Waals surface area (Å²) in [7, 11) is 0. The van der Waals surface area contributed by atoms with Gasteiger partial charge in [-0.05, 0) is 30.0 Å². The number of carbonyl (C=O) groups is 2. The van der Waals surface area contributed by atoms with Crippen LogP contribution >= 0.6 is 0 Å². The van der Waals surface area contributed by atoms with Crippen molar-refractivity contribution in [1.82, 2.24) is 0 Å². The average Bonchev–Trinajstić information content (AvgIpc) is 2.89. The number of esters is 1. The van der Waals surface area contributed by atoms with Crippen LogP contribution < -0.4 is 0 Å². The number of carbonyl (C=O) groups excluding carboxylic acids is 2. The van der Waals surface area contributed by atoms with E-state index in [0.717, 1.165) is 6.42 Å². The van der Waals surface area contributed by atoms with Gasteiger partial charge in [0.25, 0.3) is 0 Å². The Kier molecular flexibility index (Phi) is 4.61. The highest BCUT2D eigenvalue weighted by Crippen LogP contribution is 2.19. The average molecular weight is 278 g/mol. The molecule has 1 aromatic carbocycles. The fraction of sp³-hybridized carbons (Fsp3) is 0.467. The summed E-state index contributed by atoms with van der Waals surface area (Å²) in [5.41, 5.74) is 1.68. The first kappa shape index (κ1) is 14.4. The van der Waals surface area contributed by atoms with Gasteiger partial charge in [0.15, 0.2) is 6.10 Å². The minimum Gasteiger partial charge on any atom is -0.458 e. The minimum atomic E-state index is -0.719. The van der Waals surface area contributed by atoms with Gasteiger partial charge in [-0.3, -0.25) is 0 Å². The maximum absolute atomic E-state index is 11.8. The summed E-state index contributed by atoms with van der Waals surface area (Å²) < 4.78 is 14.5. The summed E-state index contributed by atoms with van der Waals surface area (Å²) >= 11 is 0. The SMILES string of the molecule is CCC(C)c1ccc(C(=O)OCC2COC(=O)O2)cc1. The molecule has 1 aromatic rings. The Morgan fingerprint density at radius 2 is 2.10 bits per heavy atom. The molecule has 5 nitrogen and oxygen atoms in total. The molecule has 2 unspecified atom stereocenters. The van der Waals surface area contributed by atoms with E-state index in [-0.39, 0.29) is 13.2 Å². The first-order valence-electron chi connectivity index (χ1n) is 6.70. The van der Waals surface area contributed by atoms with Gasteiger partial charge >= 0.3 is 12.1 Å². The Bertz CT molecular complexity index is 480. The van der Waals surface area contributed by atoms with Crippen LogP contribution in [-0.2, 0) is 14.2 Å². The van der Waals surface area contributed by atoms with E-state index in [1.54, 1.807) is 12.1 Å². The molecule has 0 bridgehead atoms. The molecule has 1 saturated heterocycles. The van der Waals surface area contributed by atoms with E-state index >= 15 is 0 Å². The molecular formula is C15H18O5. The Labute approximate surface area is 117 Å². The van der Waals surface area contributed by atoms with Crippen LogP contribution in [0.1, 0.15) is 42.1 Å². The fourth-order valence-electron chi connectivity index (χ4n) is 1.88. The molecule has 0 aromatic heterocycles. The summed E-state index contributed by atoms with van der Waals surface area (Å²) in [4.78, 5) is 22.5. The zero-order valence-corrected chi connectivity index (χ0v) is 11.6. The third-order valence-corrected chi connectivity index (χ3v) is 3.38. The number of ether oxygens (including phenoxy) is 3. The predicted octanol–water partition coefficient (Wildman–Crippen LogP) is 2.89. The van der Waals surface area contributed by atoms with Gasteiger partial charge < -0.3 is 14.2 Å². The molecule has 0 amide bonds. The molecule has 0 saturated carbocycles. The standard InChI is InChI=1S/C15H18O5/c1-3-10(2)11-4-6-12(7-5-11)14(16)18-8-13-9-19-15(17)20-13/h4-7,10,13H,3,8-9H2,1-2H3. The van der Waals surface area contributed by atoms with Crippen LogP contribution in [0.15, 0.2) is 24.3 Å². The molecule has 2 atom stereocenters. The lowest BCUT2D eigenvalue weighted by molar-refractivity contribution is 0.0300. The van der Waals surface area contributed by atoms with Crippen molar-refractivity contribution in [3.05, 3.63) is 35.4 Å². The largest absolute Gasteiger partial charge is 0.508 e. The van der Waals surface area contributed by atoms with E-state index in [1.165, 1.54) is 5.56 Å². The minimum absolute atomic E-state index is 0.0116. The summed E-state index contributed by atoms with van der Waals surface area (Å²) in [6, 6.07) is 7.37. The zero-order chi connectivity index (χ0) is 14.5. The van der Waals surface area contributed by atoms with Gasteiger partial charge in [0.05, 0.1) is 5.56 Å². The van der Waals surface area contributed by atoms with Crippen molar-refractivity contribution >= 4 is 12.1 Å². The Balaban J connectivity index is 1.87. The molecule has 0 N–H and O–H groups in total. The zero-order valence-electron chi connectivity index (χ0n) is 11.6. The summed E-state index contributed by atoms with van der Waals surface area (Å²) in [5.74, 6) is 0.0405. The van der Waals surface area contributed by atoms with Gasteiger partial charge in [-0.25, -0.2) is 9.59 Å². The molecule has 2 rings (SSSR count). The van der Waals surface area contributed by atoms with E-state index in [1.807, 2.05) is 12.1 Å². The molecular weight excluding hydrogens is 260 g/mol. The number of cyclic esters (lactones) is 2. The molecule has 1 heterocycles. The van der Waals surface area contributed by atoms with Crippen LogP contribution in [0, 0.1) is 0 Å². The van der Waals surface area contributed by atoms with Crippen molar-refractivity contribution in [2.75, 3.05) is 13.2 Å². The van der Waals surface area contributed by atoms with Crippen LogP contribution in [0.25, 0.3) is 0 Å². The highest BCUT2D eigenvalue weighted by Gasteiger charge is 2.26. The second-order valence-corrected chi connectivity index (χ2v) is 4.83. The molecule has 5 heteroatoms. The highest BCUT2D eigenvalue weighted by molar-refractivity contribution is 5.89. The second-order valence-electron chi connectivity index (χ2n) is 4.83. The van der Waals surface area contributed by atoms with Gasteiger partial charge in [-0.1, -0.05) is 26.0 Å². The number of hydrogen-bond acceptors (Lipinski definition) is 5. The van der Waals surface area contributed by atoms with Crippen molar-refractivity contribution in [1.29, 1.82) is 0 Å². The van der Waals surface area contributed by atoms with Crippen molar-refractivity contribution in [3.63, 3.8) is 0 Å². The van der Waals surface area contributed by atoms with Gasteiger partial charge in [-0.2, -0.15) is 0 Å². The van der Waals surface area contributed by atoms with Gasteiger partial charge in [-0.15, -0.1) is 0 Å². The fourth-order valence-corrected chi connectivity index (χ4v) is 1.88. The summed E-state index contributed by atoms with van der Waals surface area (Å²) in [6.45, 7) is 4.40. The van der Waals surface area contributed by atoms with Gasteiger partial charge in [0.1, 0.15) is 13.2 Å². The monoisotopic (exact) mass is 278 g/mol. The van der Waals surface area contributed by atoms with Crippen LogP contribution in [0.3, 0.4) is 0 Å². The normalized spacial score (nSPS) is 19.1. The van der Waals surface area contributed by atoms with E-state index in [9.17, 15) is 9.59 Å². The summed E-state index contributed by atoms with van der Waals surface area (Å²) in [6.07, 6.45) is -0.175. The lowest BCUT2D eigenvalue weighted by Crippen LogP contribution is -2.20. The molecule has 20 heavy (non-hydrogen) atoms. The molecule has 0 spiro atoms. The molecule has 108 valence electrons. The van der Waals surface area contributed by atoms with Crippen LogP contribution in [0.5, 0.6) is 0 Å². The van der Waals surface area contributed by atoms with Gasteiger partial charge in [0.2, 0.25) is 0 Å². The maximum Gasteiger partial charge on any atom is 0.508 e. The number of rotatable bonds is 5. The Morgan fingerprint density at radius 1 is 1.40 bits per heavy atom. The number of hydrogen-bond donors (Lipinski definition) is 0. The Hall–Kier alpha value is -2.04. The number of benzene rings is 1. The van der Waals surface area contributed by atoms with Crippen molar-refractivity contribution in [2.24, 2.45) is 0 Å². The van der Waals surface area contributed by atoms with E-state index in [2.05, 4.69) is 18.6 Å². The first-order valence-corrected chi connectivity index (χ1v) is 6.70. The molecule has 1 aliphatic rings. The quantitative estimate of drug-likeness (QED) is 0.775. The van der Waals surface area contributed by atoms with E-state index < -0.39 is 18.2 Å². The van der Waals surface area contributed by atoms with Crippen molar-refractivity contribution in [3.8, 4) is 0 Å². The van der Waals surface area contributed by atoms with Crippen molar-refractivity contribution in [2.45, 2.75) is 32.3 Å². The molecule has 0 aliphatic carbocycles. The highest BCUT2D eigenvalue weighted by atomic mass is 16.8. The van der Waals surface area contributed by atoms with E-state index in [4.69, 9.17) is 9.47 Å². The third kappa shape index (κ3) is 3.50. The third-order valence-electron chi connectivity index (χ3n) is 3.38. The molecule has 0 radical (unpaired) electrons. The smallest absolute Gasteiger partial charge is 0.458 e. The topological polar surface area (TPSA) is 61.8 Å². The predicted molar refractivity (Wildman–Crippen MR) is 71.7 cm³/mol. The maximum atomic E-state index is 11.8. The lowest BCUT2D eigenvalue weighted by Gasteiger charge is -2.10. The van der Waals surface area contributed by atoms with Gasteiger partial charge in [0, 0.05) is 0 Å². The molecule has 1 aliphatic heterocycles. The second kappa shape index (κ2) is 6.41. The Morgan fingerprint density at radius 3 is 2.65 bits per heavy atom. The van der Waals surface area contributed by atoms with Crippen LogP contribution in [0.4, 0.5) is 4.79 Å². The molecule has 1 fully saturated rings. The van der Waals surface area contributed by atoms with Crippen molar-refractivity contribution < 1.29 is 23.8 Å². The summed E-state index contributed by atoms with van der Waals surface area (Å²) in [5, 5.41) is 0. The van der Waals surface area contributed by atoms with Crippen LogP contribution in [0.2, 0.25) is 0 Å². The lowest BCUT2D eigenvalue weighted by atomic mass is 9.98. The van der Waals surface area contributed by atoms with E-state index in [0.29, 0.717) is 11.5 Å². The first-order chi connectivity index (χ1) is 9.60.